The molecular formula is C11H16F3NO2. The first-order valence-corrected chi connectivity index (χ1v) is 5.88. The number of carbonyl (C=O) groups excluding carboxylic acids is 1. The zero-order valence-corrected chi connectivity index (χ0v) is 9.50. The molecule has 3 nitrogen and oxygen atoms in total. The number of likely N-dealkylation sites (tertiary alicyclic amines) is 1. The molecule has 0 aromatic rings. The lowest BCUT2D eigenvalue weighted by atomic mass is 9.94. The van der Waals surface area contributed by atoms with E-state index < -0.39 is 18.1 Å². The third kappa shape index (κ3) is 2.98. The quantitative estimate of drug-likeness (QED) is 0.747. The third-order valence-corrected chi connectivity index (χ3v) is 3.50. The second-order valence-electron chi connectivity index (χ2n) is 4.68. The van der Waals surface area contributed by atoms with E-state index in [1.54, 1.807) is 0 Å². The van der Waals surface area contributed by atoms with Crippen LogP contribution in [0.2, 0.25) is 0 Å². The van der Waals surface area contributed by atoms with Crippen LogP contribution in [0.4, 0.5) is 13.2 Å². The molecule has 0 bridgehead atoms. The van der Waals surface area contributed by atoms with Gasteiger partial charge in [0.25, 0.3) is 0 Å². The van der Waals surface area contributed by atoms with Crippen molar-refractivity contribution in [2.45, 2.75) is 31.5 Å². The monoisotopic (exact) mass is 251 g/mol. The second kappa shape index (κ2) is 4.94. The highest BCUT2D eigenvalue weighted by Gasteiger charge is 2.49. The van der Waals surface area contributed by atoms with Crippen molar-refractivity contribution in [2.24, 2.45) is 5.92 Å². The molecule has 6 heteroatoms. The van der Waals surface area contributed by atoms with Crippen LogP contribution in [0.5, 0.6) is 0 Å². The van der Waals surface area contributed by atoms with Crippen molar-refractivity contribution in [1.82, 2.24) is 4.90 Å². The molecule has 0 aromatic carbocycles. The Balaban J connectivity index is 2.07. The fourth-order valence-corrected chi connectivity index (χ4v) is 2.63. The van der Waals surface area contributed by atoms with E-state index in [1.165, 1.54) is 4.90 Å². The Morgan fingerprint density at radius 1 is 1.29 bits per heavy atom. The van der Waals surface area contributed by atoms with E-state index in [0.717, 1.165) is 0 Å². The van der Waals surface area contributed by atoms with Crippen molar-refractivity contribution in [3.8, 4) is 0 Å². The zero-order chi connectivity index (χ0) is 12.5. The van der Waals surface area contributed by atoms with Crippen LogP contribution in [0.1, 0.15) is 19.3 Å². The van der Waals surface area contributed by atoms with Gasteiger partial charge in [-0.3, -0.25) is 9.69 Å². The lowest BCUT2D eigenvalue weighted by Gasteiger charge is -2.38. The minimum atomic E-state index is -4.24. The van der Waals surface area contributed by atoms with Crippen molar-refractivity contribution >= 4 is 5.78 Å². The summed E-state index contributed by atoms with van der Waals surface area (Å²) in [5, 5.41) is 0. The van der Waals surface area contributed by atoms with Gasteiger partial charge in [0.05, 0.1) is 6.61 Å². The Kier molecular flexibility index (Phi) is 3.73. The normalized spacial score (nSPS) is 29.6. The van der Waals surface area contributed by atoms with Crippen LogP contribution in [0.3, 0.4) is 0 Å². The van der Waals surface area contributed by atoms with Gasteiger partial charge >= 0.3 is 6.18 Å². The lowest BCUT2D eigenvalue weighted by molar-refractivity contribution is -0.200. The van der Waals surface area contributed by atoms with Crippen LogP contribution in [0, 0.1) is 5.92 Å². The van der Waals surface area contributed by atoms with E-state index in [2.05, 4.69) is 0 Å². The van der Waals surface area contributed by atoms with Crippen molar-refractivity contribution in [3.05, 3.63) is 0 Å². The van der Waals surface area contributed by atoms with Crippen molar-refractivity contribution in [3.63, 3.8) is 0 Å². The largest absolute Gasteiger partial charge is 0.404 e. The van der Waals surface area contributed by atoms with E-state index in [1.807, 2.05) is 0 Å². The van der Waals surface area contributed by atoms with E-state index >= 15 is 0 Å². The summed E-state index contributed by atoms with van der Waals surface area (Å²) in [4.78, 5) is 12.5. The van der Waals surface area contributed by atoms with Crippen LogP contribution in [0.25, 0.3) is 0 Å². The van der Waals surface area contributed by atoms with Crippen LogP contribution in [0.15, 0.2) is 0 Å². The molecule has 2 atom stereocenters. The predicted octanol–water partition coefficient (Wildman–Crippen LogP) is 1.62. The van der Waals surface area contributed by atoms with Gasteiger partial charge in [-0.05, 0) is 6.42 Å². The summed E-state index contributed by atoms with van der Waals surface area (Å²) >= 11 is 0. The van der Waals surface area contributed by atoms with Crippen molar-refractivity contribution in [1.29, 1.82) is 0 Å². The highest BCUT2D eigenvalue weighted by atomic mass is 19.4. The molecule has 2 rings (SSSR count). The maximum Gasteiger partial charge on any atom is 0.404 e. The number of Topliss-reactive ketones (excluding diaryl/α,β-unsaturated/α-hetero) is 1. The predicted molar refractivity (Wildman–Crippen MR) is 54.6 cm³/mol. The lowest BCUT2D eigenvalue weighted by Crippen LogP contribution is -2.53. The Hall–Kier alpha value is -0.620. The molecule has 0 spiro atoms. The minimum absolute atomic E-state index is 0.0600. The molecule has 0 aromatic heterocycles. The van der Waals surface area contributed by atoms with E-state index in [4.69, 9.17) is 4.74 Å². The number of alkyl halides is 3. The van der Waals surface area contributed by atoms with E-state index in [0.29, 0.717) is 13.0 Å². The van der Waals surface area contributed by atoms with Gasteiger partial charge in [0.1, 0.15) is 11.8 Å². The average molecular weight is 251 g/mol. The zero-order valence-electron chi connectivity index (χ0n) is 9.50. The van der Waals surface area contributed by atoms with Crippen LogP contribution < -0.4 is 0 Å². The van der Waals surface area contributed by atoms with Crippen molar-refractivity contribution < 1.29 is 22.7 Å². The fraction of sp³-hybridized carbons (Fsp3) is 0.909. The highest BCUT2D eigenvalue weighted by molar-refractivity contribution is 5.79. The Labute approximate surface area is 97.9 Å². The molecule has 2 heterocycles. The molecule has 0 saturated carbocycles. The van der Waals surface area contributed by atoms with Gasteiger partial charge in [-0.1, -0.05) is 0 Å². The maximum absolute atomic E-state index is 13.1. The number of piperidine rings is 1. The minimum Gasteiger partial charge on any atom is -0.381 e. The molecule has 0 aliphatic carbocycles. The summed E-state index contributed by atoms with van der Waals surface area (Å²) in [6.07, 6.45) is -3.31. The highest BCUT2D eigenvalue weighted by Crippen LogP contribution is 2.35. The van der Waals surface area contributed by atoms with Gasteiger partial charge in [0, 0.05) is 38.5 Å². The number of rotatable bonds is 2. The molecule has 2 aliphatic rings. The van der Waals surface area contributed by atoms with Gasteiger partial charge < -0.3 is 4.74 Å². The first-order chi connectivity index (χ1) is 7.98. The second-order valence-corrected chi connectivity index (χ2v) is 4.68. The average Bonchev–Trinajstić information content (AvgIpc) is 2.72. The van der Waals surface area contributed by atoms with Gasteiger partial charge in [-0.15, -0.1) is 0 Å². The molecule has 0 amide bonds. The summed E-state index contributed by atoms with van der Waals surface area (Å²) in [7, 11) is 0. The van der Waals surface area contributed by atoms with Crippen LogP contribution in [-0.4, -0.2) is 49.2 Å². The Morgan fingerprint density at radius 3 is 2.41 bits per heavy atom. The molecule has 0 radical (unpaired) electrons. The molecule has 2 fully saturated rings. The maximum atomic E-state index is 13.1. The van der Waals surface area contributed by atoms with Gasteiger partial charge in [-0.2, -0.15) is 13.2 Å². The summed E-state index contributed by atoms with van der Waals surface area (Å²) in [5.41, 5.74) is 0. The Morgan fingerprint density at radius 2 is 1.94 bits per heavy atom. The standard InChI is InChI=1S/C11H16F3NO2/c12-11(13,14)10(8-3-6-17-7-8)15-4-1-9(16)2-5-15/h8,10H,1-7H2. The number of nitrogens with zero attached hydrogens (tertiary/aromatic N) is 1. The third-order valence-electron chi connectivity index (χ3n) is 3.50. The van der Waals surface area contributed by atoms with Gasteiger partial charge in [0.15, 0.2) is 0 Å². The number of ether oxygens (including phenoxy) is 1. The molecule has 2 saturated heterocycles. The molecular weight excluding hydrogens is 235 g/mol. The molecule has 98 valence electrons. The topological polar surface area (TPSA) is 29.5 Å². The van der Waals surface area contributed by atoms with Crippen LogP contribution in [-0.2, 0) is 9.53 Å². The first-order valence-electron chi connectivity index (χ1n) is 5.88. The molecule has 2 unspecified atom stereocenters. The Bertz CT molecular complexity index is 277. The summed E-state index contributed by atoms with van der Waals surface area (Å²) < 4.78 is 44.3. The summed E-state index contributed by atoms with van der Waals surface area (Å²) in [6, 6.07) is -1.45. The summed E-state index contributed by atoms with van der Waals surface area (Å²) in [6.45, 7) is 1.03. The number of carbonyl (C=O) groups is 1. The van der Waals surface area contributed by atoms with Gasteiger partial charge in [0.2, 0.25) is 0 Å². The smallest absolute Gasteiger partial charge is 0.381 e. The first kappa shape index (κ1) is 12.8. The fourth-order valence-electron chi connectivity index (χ4n) is 2.63. The van der Waals surface area contributed by atoms with Crippen molar-refractivity contribution in [2.75, 3.05) is 26.3 Å². The SMILES string of the molecule is O=C1CCN(C(C2CCOC2)C(F)(F)F)CC1. The summed E-state index contributed by atoms with van der Waals surface area (Å²) in [5.74, 6) is -0.423. The molecule has 2 aliphatic heterocycles. The number of hydrogen-bond acceptors (Lipinski definition) is 3. The number of ketones is 1. The van der Waals surface area contributed by atoms with Crippen LogP contribution >= 0.6 is 0 Å². The van der Waals surface area contributed by atoms with Gasteiger partial charge in [-0.25, -0.2) is 0 Å². The molecule has 0 N–H and O–H groups in total. The number of hydrogen-bond donors (Lipinski definition) is 0. The molecule has 17 heavy (non-hydrogen) atoms. The van der Waals surface area contributed by atoms with E-state index in [9.17, 15) is 18.0 Å². The van der Waals surface area contributed by atoms with E-state index in [-0.39, 0.29) is 38.3 Å². The number of halogens is 3.